The average Bonchev–Trinajstić information content (AvgIpc) is 2.81. The van der Waals surface area contributed by atoms with Crippen molar-refractivity contribution in [2.24, 2.45) is 0 Å². The Hall–Kier alpha value is -2.75. The molecule has 0 saturated heterocycles. The van der Waals surface area contributed by atoms with Gasteiger partial charge in [0.05, 0.1) is 6.54 Å². The van der Waals surface area contributed by atoms with E-state index in [1.807, 2.05) is 29.2 Å². The van der Waals surface area contributed by atoms with Crippen LogP contribution in [-0.2, 0) is 11.3 Å². The van der Waals surface area contributed by atoms with Gasteiger partial charge in [-0.1, -0.05) is 72.3 Å². The minimum atomic E-state index is 0.0343. The van der Waals surface area contributed by atoms with Gasteiger partial charge in [-0.3, -0.25) is 4.79 Å². The van der Waals surface area contributed by atoms with Crippen LogP contribution in [-0.4, -0.2) is 12.2 Å². The van der Waals surface area contributed by atoms with Gasteiger partial charge in [-0.25, -0.2) is 0 Å². The molecule has 0 radical (unpaired) electrons. The van der Waals surface area contributed by atoms with Gasteiger partial charge in [-0.2, -0.15) is 0 Å². The lowest BCUT2D eigenvalue weighted by Crippen LogP contribution is -2.36. The normalized spacial score (nSPS) is 15.9. The van der Waals surface area contributed by atoms with E-state index in [9.17, 15) is 4.79 Å². The Labute approximate surface area is 191 Å². The highest BCUT2D eigenvalue weighted by Crippen LogP contribution is 2.44. The molecule has 0 bridgehead atoms. The Morgan fingerprint density at radius 2 is 1.68 bits per heavy atom. The predicted octanol–water partition coefficient (Wildman–Crippen LogP) is 7.28. The quantitative estimate of drug-likeness (QED) is 0.309. The van der Waals surface area contributed by atoms with Crippen LogP contribution < -0.4 is 4.90 Å². The molecule has 1 atom stereocenters. The van der Waals surface area contributed by atoms with Crippen molar-refractivity contribution in [1.82, 2.24) is 0 Å². The molecule has 5 rings (SSSR count). The first-order chi connectivity index (χ1) is 15.2. The second-order valence-electron chi connectivity index (χ2n) is 7.82. The lowest BCUT2D eigenvalue weighted by atomic mass is 9.81. The molecule has 31 heavy (non-hydrogen) atoms. The van der Waals surface area contributed by atoms with Gasteiger partial charge in [0, 0.05) is 27.9 Å². The minimum Gasteiger partial charge on any atom is -0.308 e. The summed E-state index contributed by atoms with van der Waals surface area (Å²) in [4.78, 5) is 16.5. The second-order valence-corrected chi connectivity index (χ2v) is 9.11. The molecule has 2 nitrogen and oxygen atoms in total. The summed E-state index contributed by atoms with van der Waals surface area (Å²) in [6, 6.07) is 29.0. The molecule has 154 valence electrons. The maximum atomic E-state index is 13.4. The fourth-order valence-corrected chi connectivity index (χ4v) is 5.10. The molecule has 1 aliphatic heterocycles. The number of anilines is 1. The molecule has 1 amide bonds. The van der Waals surface area contributed by atoms with E-state index in [4.69, 9.17) is 11.6 Å². The van der Waals surface area contributed by atoms with Gasteiger partial charge in [0.25, 0.3) is 0 Å². The monoisotopic (exact) mass is 443 g/mol. The van der Waals surface area contributed by atoms with E-state index >= 15 is 0 Å². The maximum absolute atomic E-state index is 13.4. The highest BCUT2D eigenvalue weighted by atomic mass is 35.5. The van der Waals surface area contributed by atoms with Crippen LogP contribution in [0.2, 0.25) is 5.02 Å². The average molecular weight is 444 g/mol. The maximum Gasteiger partial charge on any atom is 0.228 e. The molecule has 0 aliphatic carbocycles. The Morgan fingerprint density at radius 3 is 2.45 bits per heavy atom. The summed E-state index contributed by atoms with van der Waals surface area (Å²) in [6.45, 7) is 0.474. The number of benzene rings is 4. The number of carbonyl (C=O) groups excluding carboxylic acids is 1. The van der Waals surface area contributed by atoms with Crippen LogP contribution in [0, 0.1) is 0 Å². The highest BCUT2D eigenvalue weighted by molar-refractivity contribution is 7.98. The van der Waals surface area contributed by atoms with E-state index < -0.39 is 0 Å². The van der Waals surface area contributed by atoms with Gasteiger partial charge in [0.15, 0.2) is 0 Å². The summed E-state index contributed by atoms with van der Waals surface area (Å²) in [5, 5.41) is 3.09. The first-order valence-electron chi connectivity index (χ1n) is 10.3. The minimum absolute atomic E-state index is 0.0343. The van der Waals surface area contributed by atoms with Crippen LogP contribution >= 0.6 is 23.4 Å². The molecule has 1 heterocycles. The SMILES string of the molecule is CSc1ccc(C2CC(=O)N(Cc3ccccc3Cl)c3ccc4ccccc4c32)cc1. The van der Waals surface area contributed by atoms with Crippen molar-refractivity contribution < 1.29 is 4.79 Å². The van der Waals surface area contributed by atoms with Crippen molar-refractivity contribution in [3.63, 3.8) is 0 Å². The zero-order valence-electron chi connectivity index (χ0n) is 17.2. The van der Waals surface area contributed by atoms with Crippen molar-refractivity contribution in [2.45, 2.75) is 23.8 Å². The zero-order valence-corrected chi connectivity index (χ0v) is 18.8. The van der Waals surface area contributed by atoms with Crippen molar-refractivity contribution >= 4 is 45.7 Å². The first kappa shape index (κ1) is 20.2. The van der Waals surface area contributed by atoms with Crippen LogP contribution in [0.3, 0.4) is 0 Å². The van der Waals surface area contributed by atoms with Gasteiger partial charge in [0.2, 0.25) is 5.91 Å². The van der Waals surface area contributed by atoms with Crippen LogP contribution in [0.15, 0.2) is 89.8 Å². The predicted molar refractivity (Wildman–Crippen MR) is 131 cm³/mol. The third-order valence-electron chi connectivity index (χ3n) is 6.07. The van der Waals surface area contributed by atoms with Crippen LogP contribution in [0.25, 0.3) is 10.8 Å². The number of nitrogens with zero attached hydrogens (tertiary/aromatic N) is 1. The van der Waals surface area contributed by atoms with Gasteiger partial charge in [-0.15, -0.1) is 11.8 Å². The zero-order chi connectivity index (χ0) is 21.4. The summed E-state index contributed by atoms with van der Waals surface area (Å²) in [5.41, 5.74) is 4.34. The molecule has 0 aromatic heterocycles. The molecule has 0 saturated carbocycles. The van der Waals surface area contributed by atoms with E-state index in [2.05, 4.69) is 66.9 Å². The third kappa shape index (κ3) is 3.73. The third-order valence-corrected chi connectivity index (χ3v) is 7.18. The molecule has 4 aromatic rings. The smallest absolute Gasteiger partial charge is 0.228 e. The number of carbonyl (C=O) groups is 1. The molecule has 0 fully saturated rings. The van der Waals surface area contributed by atoms with Gasteiger partial charge in [0.1, 0.15) is 0 Å². The van der Waals surface area contributed by atoms with E-state index in [1.165, 1.54) is 26.8 Å². The molecule has 1 unspecified atom stereocenters. The topological polar surface area (TPSA) is 20.3 Å². The van der Waals surface area contributed by atoms with Gasteiger partial charge in [-0.05, 0) is 58.0 Å². The largest absolute Gasteiger partial charge is 0.308 e. The number of hydrogen-bond donors (Lipinski definition) is 0. The van der Waals surface area contributed by atoms with E-state index in [0.29, 0.717) is 18.0 Å². The Balaban J connectivity index is 1.67. The molecule has 4 aromatic carbocycles. The van der Waals surface area contributed by atoms with Gasteiger partial charge < -0.3 is 4.90 Å². The van der Waals surface area contributed by atoms with Crippen molar-refractivity contribution in [1.29, 1.82) is 0 Å². The van der Waals surface area contributed by atoms with Gasteiger partial charge >= 0.3 is 0 Å². The fourth-order valence-electron chi connectivity index (χ4n) is 4.50. The lowest BCUT2D eigenvalue weighted by molar-refractivity contribution is -0.119. The molecule has 4 heteroatoms. The number of amides is 1. The Kier molecular flexibility index (Phi) is 5.47. The molecule has 1 aliphatic rings. The van der Waals surface area contributed by atoms with Crippen molar-refractivity contribution in [2.75, 3.05) is 11.2 Å². The second kappa shape index (κ2) is 8.41. The van der Waals surface area contributed by atoms with E-state index in [0.717, 1.165) is 11.3 Å². The van der Waals surface area contributed by atoms with Crippen molar-refractivity contribution in [3.05, 3.63) is 107 Å². The highest BCUT2D eigenvalue weighted by Gasteiger charge is 2.33. The van der Waals surface area contributed by atoms with Crippen LogP contribution in [0.4, 0.5) is 5.69 Å². The number of thioether (sulfide) groups is 1. The summed E-state index contributed by atoms with van der Waals surface area (Å²) < 4.78 is 0. The summed E-state index contributed by atoms with van der Waals surface area (Å²) in [7, 11) is 0. The number of halogens is 1. The van der Waals surface area contributed by atoms with Crippen LogP contribution in [0.1, 0.15) is 29.0 Å². The van der Waals surface area contributed by atoms with E-state index in [-0.39, 0.29) is 11.8 Å². The lowest BCUT2D eigenvalue weighted by Gasteiger charge is -2.35. The Morgan fingerprint density at radius 1 is 0.935 bits per heavy atom. The summed E-state index contributed by atoms with van der Waals surface area (Å²) >= 11 is 8.15. The fraction of sp³-hybridized carbons (Fsp3) is 0.148. The first-order valence-corrected chi connectivity index (χ1v) is 12.0. The van der Waals surface area contributed by atoms with Crippen LogP contribution in [0.5, 0.6) is 0 Å². The molecular formula is C27H22ClNOS. The standard InChI is InChI=1S/C27H22ClNOS/c1-31-21-13-10-19(11-14-21)23-16-26(30)29(17-20-7-3-5-9-24(20)28)25-15-12-18-6-2-4-8-22(18)27(23)25/h2-15,23H,16-17H2,1H3. The summed E-state index contributed by atoms with van der Waals surface area (Å²) in [6.07, 6.45) is 2.53. The van der Waals surface area contributed by atoms with Crippen molar-refractivity contribution in [3.8, 4) is 0 Å². The molecular weight excluding hydrogens is 422 g/mol. The number of hydrogen-bond acceptors (Lipinski definition) is 2. The van der Waals surface area contributed by atoms with E-state index in [1.54, 1.807) is 11.8 Å². The number of rotatable bonds is 4. The molecule has 0 spiro atoms. The number of fused-ring (bicyclic) bond motifs is 3. The summed E-state index contributed by atoms with van der Waals surface area (Å²) in [5.74, 6) is 0.161. The molecule has 0 N–H and O–H groups in total. The Bertz CT molecular complexity index is 1270.